The predicted octanol–water partition coefficient (Wildman–Crippen LogP) is 3.82. The number of rotatable bonds is 8. The number of hydrogen-bond acceptors (Lipinski definition) is 4. The minimum Gasteiger partial charge on any atom is -0.497 e. The summed E-state index contributed by atoms with van der Waals surface area (Å²) in [5, 5.41) is 0. The maximum atomic E-state index is 13.0. The largest absolute Gasteiger partial charge is 0.497 e. The highest BCUT2D eigenvalue weighted by Gasteiger charge is 2.26. The molecule has 1 fully saturated rings. The van der Waals surface area contributed by atoms with E-state index in [9.17, 15) is 13.2 Å². The number of likely N-dealkylation sites (tertiary alicyclic amines) is 1. The van der Waals surface area contributed by atoms with Gasteiger partial charge in [0.2, 0.25) is 10.0 Å². The van der Waals surface area contributed by atoms with Crippen molar-refractivity contribution in [1.82, 2.24) is 9.21 Å². The summed E-state index contributed by atoms with van der Waals surface area (Å²) >= 11 is 0. The SMILES string of the molecule is CCN(CC)S(=O)(=O)c1cccc(C(=O)N2CCC(Cc3ccc(OC)cc3)CC2)c1. The molecule has 168 valence electrons. The summed E-state index contributed by atoms with van der Waals surface area (Å²) in [5.41, 5.74) is 1.71. The lowest BCUT2D eigenvalue weighted by Gasteiger charge is -2.32. The molecule has 0 aromatic heterocycles. The highest BCUT2D eigenvalue weighted by atomic mass is 32.2. The van der Waals surface area contributed by atoms with Crippen molar-refractivity contribution in [2.24, 2.45) is 5.92 Å². The first-order valence-electron chi connectivity index (χ1n) is 10.9. The molecule has 0 N–H and O–H groups in total. The van der Waals surface area contributed by atoms with Crippen molar-refractivity contribution in [3.63, 3.8) is 0 Å². The molecule has 1 aliphatic heterocycles. The van der Waals surface area contributed by atoms with Crippen molar-refractivity contribution < 1.29 is 17.9 Å². The number of methoxy groups -OCH3 is 1. The topological polar surface area (TPSA) is 66.9 Å². The Bertz CT molecular complexity index is 977. The number of nitrogens with zero attached hydrogens (tertiary/aromatic N) is 2. The van der Waals surface area contributed by atoms with Crippen LogP contribution in [0.1, 0.15) is 42.6 Å². The molecule has 1 amide bonds. The molecule has 6 nitrogen and oxygen atoms in total. The van der Waals surface area contributed by atoms with E-state index in [1.165, 1.54) is 15.9 Å². The predicted molar refractivity (Wildman–Crippen MR) is 122 cm³/mol. The first-order valence-corrected chi connectivity index (χ1v) is 12.4. The molecule has 7 heteroatoms. The Balaban J connectivity index is 1.63. The van der Waals surface area contributed by atoms with Crippen LogP contribution in [0.2, 0.25) is 0 Å². The molecule has 1 aliphatic rings. The average molecular weight is 445 g/mol. The van der Waals surface area contributed by atoms with E-state index in [0.29, 0.717) is 37.7 Å². The second-order valence-corrected chi connectivity index (χ2v) is 9.84. The van der Waals surface area contributed by atoms with Crippen molar-refractivity contribution in [2.75, 3.05) is 33.3 Å². The third kappa shape index (κ3) is 5.46. The maximum absolute atomic E-state index is 13.0. The lowest BCUT2D eigenvalue weighted by Crippen LogP contribution is -2.39. The summed E-state index contributed by atoms with van der Waals surface area (Å²) in [4.78, 5) is 15.0. The fourth-order valence-electron chi connectivity index (χ4n) is 4.12. The van der Waals surface area contributed by atoms with Crippen LogP contribution in [0.25, 0.3) is 0 Å². The van der Waals surface area contributed by atoms with Crippen LogP contribution in [0.4, 0.5) is 0 Å². The Morgan fingerprint density at radius 3 is 2.29 bits per heavy atom. The third-order valence-corrected chi connectivity index (χ3v) is 8.06. The van der Waals surface area contributed by atoms with E-state index < -0.39 is 10.0 Å². The minimum atomic E-state index is -3.58. The van der Waals surface area contributed by atoms with Crippen molar-refractivity contribution in [1.29, 1.82) is 0 Å². The van der Waals surface area contributed by atoms with Gasteiger partial charge in [-0.05, 0) is 61.1 Å². The highest BCUT2D eigenvalue weighted by Crippen LogP contribution is 2.25. The molecule has 2 aromatic rings. The number of hydrogen-bond donors (Lipinski definition) is 0. The summed E-state index contributed by atoms with van der Waals surface area (Å²) in [6.45, 7) is 5.80. The highest BCUT2D eigenvalue weighted by molar-refractivity contribution is 7.89. The van der Waals surface area contributed by atoms with Crippen LogP contribution in [0.15, 0.2) is 53.4 Å². The van der Waals surface area contributed by atoms with E-state index in [-0.39, 0.29) is 10.8 Å². The standard InChI is InChI=1S/C24H32N2O4S/c1-4-26(5-2)31(28,29)23-8-6-7-21(18-23)24(27)25-15-13-20(14-16-25)17-19-9-11-22(30-3)12-10-19/h6-12,18,20H,4-5,13-17H2,1-3H3. The summed E-state index contributed by atoms with van der Waals surface area (Å²) in [5.74, 6) is 1.29. The van der Waals surface area contributed by atoms with Gasteiger partial charge in [0.1, 0.15) is 5.75 Å². The quantitative estimate of drug-likeness (QED) is 0.621. The lowest BCUT2D eigenvalue weighted by molar-refractivity contribution is 0.0690. The van der Waals surface area contributed by atoms with Gasteiger partial charge in [0, 0.05) is 31.7 Å². The van der Waals surface area contributed by atoms with Gasteiger partial charge in [0.25, 0.3) is 5.91 Å². The molecular weight excluding hydrogens is 412 g/mol. The Morgan fingerprint density at radius 1 is 1.06 bits per heavy atom. The van der Waals surface area contributed by atoms with Gasteiger partial charge in [-0.1, -0.05) is 32.0 Å². The Kier molecular flexibility index (Phi) is 7.73. The Morgan fingerprint density at radius 2 is 1.71 bits per heavy atom. The second-order valence-electron chi connectivity index (χ2n) is 7.90. The van der Waals surface area contributed by atoms with Gasteiger partial charge in [-0.25, -0.2) is 8.42 Å². The molecule has 0 radical (unpaired) electrons. The van der Waals surface area contributed by atoms with E-state index in [1.54, 1.807) is 25.3 Å². The first-order chi connectivity index (χ1) is 14.9. The van der Waals surface area contributed by atoms with Crippen molar-refractivity contribution in [2.45, 2.75) is 38.0 Å². The van der Waals surface area contributed by atoms with Gasteiger partial charge >= 0.3 is 0 Å². The molecule has 0 aliphatic carbocycles. The average Bonchev–Trinajstić information content (AvgIpc) is 2.80. The van der Waals surface area contributed by atoms with E-state index in [4.69, 9.17) is 4.74 Å². The Labute approximate surface area is 185 Å². The normalized spacial score (nSPS) is 15.3. The molecule has 1 saturated heterocycles. The second kappa shape index (κ2) is 10.3. The van der Waals surface area contributed by atoms with Crippen LogP contribution in [-0.4, -0.2) is 56.8 Å². The summed E-state index contributed by atoms with van der Waals surface area (Å²) < 4.78 is 32.2. The van der Waals surface area contributed by atoms with Crippen LogP contribution < -0.4 is 4.74 Å². The van der Waals surface area contributed by atoms with Crippen LogP contribution in [0, 0.1) is 5.92 Å². The van der Waals surface area contributed by atoms with Crippen molar-refractivity contribution >= 4 is 15.9 Å². The zero-order valence-electron chi connectivity index (χ0n) is 18.6. The molecule has 0 spiro atoms. The van der Waals surface area contributed by atoms with E-state index in [0.717, 1.165) is 25.0 Å². The van der Waals surface area contributed by atoms with E-state index >= 15 is 0 Å². The molecule has 1 heterocycles. The van der Waals surface area contributed by atoms with Crippen molar-refractivity contribution in [3.05, 3.63) is 59.7 Å². The minimum absolute atomic E-state index is 0.0977. The van der Waals surface area contributed by atoms with Gasteiger partial charge in [0.15, 0.2) is 0 Å². The maximum Gasteiger partial charge on any atom is 0.253 e. The van der Waals surface area contributed by atoms with Gasteiger partial charge < -0.3 is 9.64 Å². The van der Waals surface area contributed by atoms with E-state index in [2.05, 4.69) is 12.1 Å². The number of carbonyl (C=O) groups is 1. The van der Waals surface area contributed by atoms with Crippen LogP contribution in [0.5, 0.6) is 5.75 Å². The summed E-state index contributed by atoms with van der Waals surface area (Å²) in [6.07, 6.45) is 2.87. The smallest absolute Gasteiger partial charge is 0.253 e. The number of sulfonamides is 1. The molecule has 0 saturated carbocycles. The van der Waals surface area contributed by atoms with Crippen LogP contribution in [-0.2, 0) is 16.4 Å². The molecule has 31 heavy (non-hydrogen) atoms. The fourth-order valence-corrected chi connectivity index (χ4v) is 5.62. The number of ether oxygens (including phenoxy) is 1. The number of carbonyl (C=O) groups excluding carboxylic acids is 1. The summed E-state index contributed by atoms with van der Waals surface area (Å²) in [6, 6.07) is 14.6. The zero-order chi connectivity index (χ0) is 22.4. The third-order valence-electron chi connectivity index (χ3n) is 6.01. The van der Waals surface area contributed by atoms with Gasteiger partial charge in [-0.3, -0.25) is 4.79 Å². The fraction of sp³-hybridized carbons (Fsp3) is 0.458. The summed E-state index contributed by atoms with van der Waals surface area (Å²) in [7, 11) is -1.92. The van der Waals surface area contributed by atoms with Crippen LogP contribution >= 0.6 is 0 Å². The molecule has 3 rings (SSSR count). The number of benzene rings is 2. The van der Waals surface area contributed by atoms with Crippen LogP contribution in [0.3, 0.4) is 0 Å². The van der Waals surface area contributed by atoms with Gasteiger partial charge in [-0.2, -0.15) is 4.31 Å². The van der Waals surface area contributed by atoms with Gasteiger partial charge in [0.05, 0.1) is 12.0 Å². The van der Waals surface area contributed by atoms with E-state index in [1.807, 2.05) is 30.9 Å². The monoisotopic (exact) mass is 444 g/mol. The number of amides is 1. The van der Waals surface area contributed by atoms with Crippen molar-refractivity contribution in [3.8, 4) is 5.75 Å². The number of piperidine rings is 1. The molecule has 2 aromatic carbocycles. The van der Waals surface area contributed by atoms with Gasteiger partial charge in [-0.15, -0.1) is 0 Å². The Hall–Kier alpha value is -2.38. The molecule has 0 atom stereocenters. The first kappa shape index (κ1) is 23.3. The molecule has 0 bridgehead atoms. The molecular formula is C24H32N2O4S. The molecule has 0 unspecified atom stereocenters. The lowest BCUT2D eigenvalue weighted by atomic mass is 9.90. The zero-order valence-corrected chi connectivity index (χ0v) is 19.4.